The highest BCUT2D eigenvalue weighted by atomic mass is 35.5. The number of thiophene rings is 1. The quantitative estimate of drug-likeness (QED) is 0.417. The van der Waals surface area contributed by atoms with Crippen molar-refractivity contribution in [3.8, 4) is 0 Å². The third-order valence-electron chi connectivity index (χ3n) is 5.45. The Labute approximate surface area is 184 Å². The van der Waals surface area contributed by atoms with Gasteiger partial charge in [0, 0.05) is 41.6 Å². The first-order valence-electron chi connectivity index (χ1n) is 9.94. The van der Waals surface area contributed by atoms with E-state index in [1.54, 1.807) is 29.2 Å². The van der Waals surface area contributed by atoms with E-state index in [-0.39, 0.29) is 11.3 Å². The van der Waals surface area contributed by atoms with Gasteiger partial charge in [0.15, 0.2) is 0 Å². The van der Waals surface area contributed by atoms with E-state index < -0.39 is 17.7 Å². The molecule has 4 rings (SSSR count). The summed E-state index contributed by atoms with van der Waals surface area (Å²) in [6.45, 7) is 4.48. The number of aliphatic hydroxyl groups excluding tert-OH is 1. The van der Waals surface area contributed by atoms with Crippen LogP contribution in [0.1, 0.15) is 22.9 Å². The van der Waals surface area contributed by atoms with Gasteiger partial charge in [0.25, 0.3) is 11.7 Å². The molecule has 1 aromatic carbocycles. The molecular weight excluding hydrogens is 424 g/mol. The predicted molar refractivity (Wildman–Crippen MR) is 117 cm³/mol. The molecule has 158 valence electrons. The van der Waals surface area contributed by atoms with E-state index in [1.165, 1.54) is 11.3 Å². The zero-order valence-corrected chi connectivity index (χ0v) is 18.0. The second-order valence-electron chi connectivity index (χ2n) is 7.32. The molecule has 1 aromatic heterocycles. The zero-order chi connectivity index (χ0) is 21.1. The van der Waals surface area contributed by atoms with Gasteiger partial charge in [-0.3, -0.25) is 14.5 Å². The fourth-order valence-corrected chi connectivity index (χ4v) is 4.88. The average Bonchev–Trinajstić information content (AvgIpc) is 3.37. The number of likely N-dealkylation sites (tertiary alicyclic amines) is 1. The summed E-state index contributed by atoms with van der Waals surface area (Å²) in [5.41, 5.74) is 0.600. The summed E-state index contributed by atoms with van der Waals surface area (Å²) in [7, 11) is 0. The van der Waals surface area contributed by atoms with Gasteiger partial charge in [-0.2, -0.15) is 0 Å². The van der Waals surface area contributed by atoms with Crippen molar-refractivity contribution in [1.29, 1.82) is 0 Å². The Kier molecular flexibility index (Phi) is 6.53. The highest BCUT2D eigenvalue weighted by molar-refractivity contribution is 7.10. The Morgan fingerprint density at radius 3 is 2.53 bits per heavy atom. The molecule has 0 unspecified atom stereocenters. The van der Waals surface area contributed by atoms with Gasteiger partial charge < -0.3 is 14.7 Å². The molecule has 8 heteroatoms. The van der Waals surface area contributed by atoms with Gasteiger partial charge in [-0.15, -0.1) is 11.3 Å². The SMILES string of the molecule is O=C1C(=O)N(CCCN2CCOCC2)[C@@H](c2cccs2)/C1=C(\O)c1ccc(Cl)cc1. The zero-order valence-electron chi connectivity index (χ0n) is 16.4. The van der Waals surface area contributed by atoms with Crippen molar-refractivity contribution in [2.75, 3.05) is 39.4 Å². The summed E-state index contributed by atoms with van der Waals surface area (Å²) in [4.78, 5) is 30.5. The molecule has 0 bridgehead atoms. The first-order chi connectivity index (χ1) is 14.6. The summed E-state index contributed by atoms with van der Waals surface area (Å²) >= 11 is 7.41. The number of hydrogen-bond donors (Lipinski definition) is 1. The number of aliphatic hydroxyl groups is 1. The molecular formula is C22H23ClN2O4S. The number of ketones is 1. The molecule has 1 atom stereocenters. The standard InChI is InChI=1S/C22H23ClN2O4S/c23-16-6-4-15(5-7-16)20(26)18-19(17-3-1-14-30-17)25(22(28)21(18)27)9-2-8-24-10-12-29-13-11-24/h1,3-7,14,19,26H,2,8-13H2/b20-18+/t19-/m0/s1. The third-order valence-corrected chi connectivity index (χ3v) is 6.62. The largest absolute Gasteiger partial charge is 0.507 e. The maximum atomic E-state index is 12.9. The van der Waals surface area contributed by atoms with Crippen LogP contribution in [0.4, 0.5) is 0 Å². The lowest BCUT2D eigenvalue weighted by Crippen LogP contribution is -2.38. The van der Waals surface area contributed by atoms with E-state index >= 15 is 0 Å². The number of nitrogens with zero attached hydrogens (tertiary/aromatic N) is 2. The van der Waals surface area contributed by atoms with Gasteiger partial charge in [0.2, 0.25) is 0 Å². The number of benzene rings is 1. The molecule has 0 radical (unpaired) electrons. The molecule has 2 aliphatic heterocycles. The second kappa shape index (κ2) is 9.31. The lowest BCUT2D eigenvalue weighted by atomic mass is 10.00. The van der Waals surface area contributed by atoms with Crippen molar-refractivity contribution in [2.45, 2.75) is 12.5 Å². The van der Waals surface area contributed by atoms with E-state index in [9.17, 15) is 14.7 Å². The topological polar surface area (TPSA) is 70.1 Å². The molecule has 2 aromatic rings. The van der Waals surface area contributed by atoms with Gasteiger partial charge in [0.1, 0.15) is 5.76 Å². The number of morpholine rings is 1. The number of Topliss-reactive ketones (excluding diaryl/α,β-unsaturated/α-hetero) is 1. The molecule has 1 amide bonds. The van der Waals surface area contributed by atoms with Gasteiger partial charge in [-0.25, -0.2) is 0 Å². The Morgan fingerprint density at radius 2 is 1.87 bits per heavy atom. The van der Waals surface area contributed by atoms with Crippen LogP contribution < -0.4 is 0 Å². The molecule has 0 spiro atoms. The molecule has 6 nitrogen and oxygen atoms in total. The molecule has 2 saturated heterocycles. The molecule has 0 saturated carbocycles. The van der Waals surface area contributed by atoms with Crippen LogP contribution in [0.2, 0.25) is 5.02 Å². The molecule has 2 fully saturated rings. The minimum Gasteiger partial charge on any atom is -0.507 e. The number of hydrogen-bond acceptors (Lipinski definition) is 6. The molecule has 0 aliphatic carbocycles. The van der Waals surface area contributed by atoms with Crippen molar-refractivity contribution in [2.24, 2.45) is 0 Å². The molecule has 1 N–H and O–H groups in total. The summed E-state index contributed by atoms with van der Waals surface area (Å²) in [6, 6.07) is 9.79. The third kappa shape index (κ3) is 4.30. The van der Waals surface area contributed by atoms with E-state index in [2.05, 4.69) is 4.90 Å². The summed E-state index contributed by atoms with van der Waals surface area (Å²) in [5, 5.41) is 13.4. The van der Waals surface area contributed by atoms with Crippen molar-refractivity contribution >= 4 is 40.4 Å². The number of carbonyl (C=O) groups excluding carboxylic acids is 2. The maximum Gasteiger partial charge on any atom is 0.295 e. The summed E-state index contributed by atoms with van der Waals surface area (Å²) < 4.78 is 5.37. The van der Waals surface area contributed by atoms with Crippen molar-refractivity contribution < 1.29 is 19.4 Å². The Bertz CT molecular complexity index is 937. The van der Waals surface area contributed by atoms with Crippen LogP contribution in [-0.2, 0) is 14.3 Å². The predicted octanol–water partition coefficient (Wildman–Crippen LogP) is 3.55. The lowest BCUT2D eigenvalue weighted by molar-refractivity contribution is -0.140. The molecule has 30 heavy (non-hydrogen) atoms. The Morgan fingerprint density at radius 1 is 1.13 bits per heavy atom. The Balaban J connectivity index is 1.61. The van der Waals surface area contributed by atoms with Crippen LogP contribution in [0, 0.1) is 0 Å². The van der Waals surface area contributed by atoms with Crippen LogP contribution >= 0.6 is 22.9 Å². The first kappa shape index (κ1) is 21.1. The average molecular weight is 447 g/mol. The fraction of sp³-hybridized carbons (Fsp3) is 0.364. The number of amides is 1. The van der Waals surface area contributed by atoms with Gasteiger partial charge >= 0.3 is 0 Å². The monoisotopic (exact) mass is 446 g/mol. The summed E-state index contributed by atoms with van der Waals surface area (Å²) in [5.74, 6) is -1.38. The van der Waals surface area contributed by atoms with Crippen LogP contribution in [0.15, 0.2) is 47.4 Å². The smallest absolute Gasteiger partial charge is 0.295 e. The molecule has 3 heterocycles. The highest BCUT2D eigenvalue weighted by Gasteiger charge is 2.46. The van der Waals surface area contributed by atoms with E-state index in [4.69, 9.17) is 16.3 Å². The van der Waals surface area contributed by atoms with Crippen LogP contribution in [0.3, 0.4) is 0 Å². The first-order valence-corrected chi connectivity index (χ1v) is 11.2. The number of ether oxygens (including phenoxy) is 1. The van der Waals surface area contributed by atoms with Crippen LogP contribution in [0.5, 0.6) is 0 Å². The van der Waals surface area contributed by atoms with Crippen molar-refractivity contribution in [3.63, 3.8) is 0 Å². The second-order valence-corrected chi connectivity index (χ2v) is 8.74. The summed E-state index contributed by atoms with van der Waals surface area (Å²) in [6.07, 6.45) is 0.746. The van der Waals surface area contributed by atoms with Crippen molar-refractivity contribution in [3.05, 3.63) is 62.8 Å². The van der Waals surface area contributed by atoms with Crippen LogP contribution in [0.25, 0.3) is 5.76 Å². The lowest BCUT2D eigenvalue weighted by Gasteiger charge is -2.28. The normalized spacial score (nSPS) is 22.0. The highest BCUT2D eigenvalue weighted by Crippen LogP contribution is 2.41. The minimum atomic E-state index is -0.646. The van der Waals surface area contributed by atoms with E-state index in [0.717, 1.165) is 44.1 Å². The van der Waals surface area contributed by atoms with Crippen molar-refractivity contribution in [1.82, 2.24) is 9.80 Å². The Hall–Kier alpha value is -2.19. The van der Waals surface area contributed by atoms with E-state index in [1.807, 2.05) is 17.5 Å². The minimum absolute atomic E-state index is 0.135. The maximum absolute atomic E-state index is 12.9. The van der Waals surface area contributed by atoms with Gasteiger partial charge in [-0.1, -0.05) is 17.7 Å². The van der Waals surface area contributed by atoms with Gasteiger partial charge in [-0.05, 0) is 42.1 Å². The van der Waals surface area contributed by atoms with Gasteiger partial charge in [0.05, 0.1) is 24.8 Å². The van der Waals surface area contributed by atoms with E-state index in [0.29, 0.717) is 17.1 Å². The number of rotatable bonds is 6. The van der Waals surface area contributed by atoms with Crippen LogP contribution in [-0.4, -0.2) is 66.0 Å². The number of halogens is 1. The number of carbonyl (C=O) groups is 2. The molecule has 2 aliphatic rings. The fourth-order valence-electron chi connectivity index (χ4n) is 3.91.